The van der Waals surface area contributed by atoms with Crippen molar-refractivity contribution < 1.29 is 0 Å². The maximum absolute atomic E-state index is 6.04. The lowest BCUT2D eigenvalue weighted by molar-refractivity contribution is 0.892. The molecule has 0 amide bonds. The molecule has 0 N–H and O–H groups in total. The third-order valence-corrected chi connectivity index (χ3v) is 3.51. The van der Waals surface area contributed by atoms with Crippen molar-refractivity contribution >= 4 is 35.8 Å². The van der Waals surface area contributed by atoms with Gasteiger partial charge < -0.3 is 0 Å². The number of rotatable bonds is 2. The summed E-state index contributed by atoms with van der Waals surface area (Å²) in [6.45, 7) is 0. The minimum absolute atomic E-state index is 0.502. The van der Waals surface area contributed by atoms with E-state index in [1.165, 1.54) is 0 Å². The standard InChI is InChI=1S/C14H9Cl2N3S/c15-10-6-9(7-11(16)8-10)13-17-18-14(20)19(13)12-4-2-1-3-5-12/h1-8H,(H,18,20). The molecular weight excluding hydrogens is 313 g/mol. The zero-order valence-corrected chi connectivity index (χ0v) is 12.6. The number of benzene rings is 2. The van der Waals surface area contributed by atoms with Gasteiger partial charge in [-0.15, -0.1) is 22.8 Å². The molecule has 3 rings (SSSR count). The highest BCUT2D eigenvalue weighted by atomic mass is 35.5. The van der Waals surface area contributed by atoms with Crippen LogP contribution in [-0.2, 0) is 0 Å². The average molecular weight is 322 g/mol. The summed E-state index contributed by atoms with van der Waals surface area (Å²) >= 11 is 16.4. The maximum atomic E-state index is 6.04. The second kappa shape index (κ2) is 5.48. The van der Waals surface area contributed by atoms with Crippen LogP contribution >= 0.6 is 35.8 Å². The molecule has 3 nitrogen and oxygen atoms in total. The van der Waals surface area contributed by atoms with E-state index in [4.69, 9.17) is 23.2 Å². The summed E-state index contributed by atoms with van der Waals surface area (Å²) in [6.07, 6.45) is 0. The van der Waals surface area contributed by atoms with Gasteiger partial charge in [0.05, 0.1) is 0 Å². The van der Waals surface area contributed by atoms with Crippen molar-refractivity contribution in [3.63, 3.8) is 0 Å². The lowest BCUT2D eigenvalue weighted by Crippen LogP contribution is -1.98. The molecule has 0 radical (unpaired) electrons. The fourth-order valence-electron chi connectivity index (χ4n) is 1.96. The lowest BCUT2D eigenvalue weighted by atomic mass is 10.2. The largest absolute Gasteiger partial charge is 0.270 e. The number of thiol groups is 1. The Kier molecular flexibility index (Phi) is 3.70. The van der Waals surface area contributed by atoms with Gasteiger partial charge in [0.1, 0.15) is 0 Å². The zero-order valence-electron chi connectivity index (χ0n) is 10.2. The number of hydrogen-bond donors (Lipinski definition) is 1. The van der Waals surface area contributed by atoms with E-state index < -0.39 is 0 Å². The van der Waals surface area contributed by atoms with E-state index in [9.17, 15) is 0 Å². The summed E-state index contributed by atoms with van der Waals surface area (Å²) in [7, 11) is 0. The lowest BCUT2D eigenvalue weighted by Gasteiger charge is -2.08. The predicted molar refractivity (Wildman–Crippen MR) is 84.1 cm³/mol. The van der Waals surface area contributed by atoms with Crippen LogP contribution in [0.15, 0.2) is 53.7 Å². The summed E-state index contributed by atoms with van der Waals surface area (Å²) in [6, 6.07) is 15.0. The molecule has 0 saturated heterocycles. The van der Waals surface area contributed by atoms with Gasteiger partial charge in [0, 0.05) is 21.3 Å². The number of hydrogen-bond acceptors (Lipinski definition) is 3. The molecule has 0 aliphatic heterocycles. The Hall–Kier alpha value is -1.49. The van der Waals surface area contributed by atoms with Gasteiger partial charge in [0.15, 0.2) is 11.0 Å². The molecule has 20 heavy (non-hydrogen) atoms. The number of aromatic nitrogens is 3. The summed E-state index contributed by atoms with van der Waals surface area (Å²) in [4.78, 5) is 0. The van der Waals surface area contributed by atoms with Gasteiger partial charge in [0.25, 0.3) is 0 Å². The Bertz CT molecular complexity index is 736. The highest BCUT2D eigenvalue weighted by Gasteiger charge is 2.14. The van der Waals surface area contributed by atoms with Crippen LogP contribution in [0.5, 0.6) is 0 Å². The van der Waals surface area contributed by atoms with Crippen molar-refractivity contribution in [1.82, 2.24) is 14.8 Å². The first kappa shape index (κ1) is 13.5. The molecule has 0 aliphatic rings. The number of para-hydroxylation sites is 1. The minimum Gasteiger partial charge on any atom is -0.270 e. The van der Waals surface area contributed by atoms with Crippen LogP contribution in [0.25, 0.3) is 17.1 Å². The highest BCUT2D eigenvalue weighted by molar-refractivity contribution is 7.80. The molecule has 0 bridgehead atoms. The molecule has 100 valence electrons. The quantitative estimate of drug-likeness (QED) is 0.703. The minimum atomic E-state index is 0.502. The van der Waals surface area contributed by atoms with Gasteiger partial charge in [0.2, 0.25) is 0 Å². The van der Waals surface area contributed by atoms with Crippen LogP contribution in [0.4, 0.5) is 0 Å². The van der Waals surface area contributed by atoms with Gasteiger partial charge in [-0.1, -0.05) is 41.4 Å². The molecule has 0 aliphatic carbocycles. The zero-order chi connectivity index (χ0) is 14.1. The van der Waals surface area contributed by atoms with Gasteiger partial charge in [-0.3, -0.25) is 4.57 Å². The van der Waals surface area contributed by atoms with Crippen LogP contribution in [-0.4, -0.2) is 14.8 Å². The molecular formula is C14H9Cl2N3S. The summed E-state index contributed by atoms with van der Waals surface area (Å²) in [5.74, 6) is 0.644. The Labute approximate surface area is 131 Å². The second-order valence-electron chi connectivity index (χ2n) is 4.15. The fourth-order valence-corrected chi connectivity index (χ4v) is 2.74. The summed E-state index contributed by atoms with van der Waals surface area (Å²) in [5.41, 5.74) is 1.72. The topological polar surface area (TPSA) is 30.7 Å². The van der Waals surface area contributed by atoms with Crippen LogP contribution in [0, 0.1) is 0 Å². The van der Waals surface area contributed by atoms with E-state index >= 15 is 0 Å². The molecule has 0 unspecified atom stereocenters. The monoisotopic (exact) mass is 321 g/mol. The van der Waals surface area contributed by atoms with Crippen molar-refractivity contribution in [2.75, 3.05) is 0 Å². The van der Waals surface area contributed by atoms with E-state index in [1.807, 2.05) is 34.9 Å². The normalized spacial score (nSPS) is 10.8. The summed E-state index contributed by atoms with van der Waals surface area (Å²) < 4.78 is 1.84. The second-order valence-corrected chi connectivity index (χ2v) is 5.43. The molecule has 1 heterocycles. The van der Waals surface area contributed by atoms with Crippen molar-refractivity contribution in [1.29, 1.82) is 0 Å². The Morgan fingerprint density at radius 1 is 0.900 bits per heavy atom. The highest BCUT2D eigenvalue weighted by Crippen LogP contribution is 2.29. The molecule has 0 atom stereocenters. The third-order valence-electron chi connectivity index (χ3n) is 2.78. The van der Waals surface area contributed by atoms with E-state index in [0.29, 0.717) is 21.0 Å². The van der Waals surface area contributed by atoms with Crippen LogP contribution in [0.1, 0.15) is 0 Å². The number of halogens is 2. The average Bonchev–Trinajstić information content (AvgIpc) is 2.80. The molecule has 0 saturated carbocycles. The number of nitrogens with zero attached hydrogens (tertiary/aromatic N) is 3. The predicted octanol–water partition coefficient (Wildman–Crippen LogP) is 4.53. The van der Waals surface area contributed by atoms with Crippen molar-refractivity contribution in [3.8, 4) is 17.1 Å². The van der Waals surface area contributed by atoms with Gasteiger partial charge in [-0.25, -0.2) is 0 Å². The van der Waals surface area contributed by atoms with Gasteiger partial charge in [-0.05, 0) is 30.3 Å². The SMILES string of the molecule is Sc1nnc(-c2cc(Cl)cc(Cl)c2)n1-c1ccccc1. The Morgan fingerprint density at radius 2 is 1.55 bits per heavy atom. The molecule has 3 aromatic rings. The van der Waals surface area contributed by atoms with Crippen molar-refractivity contribution in [3.05, 3.63) is 58.6 Å². The Morgan fingerprint density at radius 3 is 2.20 bits per heavy atom. The first-order chi connectivity index (χ1) is 9.65. The smallest absolute Gasteiger partial charge is 0.193 e. The van der Waals surface area contributed by atoms with Crippen molar-refractivity contribution in [2.45, 2.75) is 5.16 Å². The molecule has 6 heteroatoms. The van der Waals surface area contributed by atoms with Gasteiger partial charge >= 0.3 is 0 Å². The molecule has 0 fully saturated rings. The van der Waals surface area contributed by atoms with Gasteiger partial charge in [-0.2, -0.15) is 0 Å². The first-order valence-electron chi connectivity index (χ1n) is 5.81. The molecule has 2 aromatic carbocycles. The first-order valence-corrected chi connectivity index (χ1v) is 7.02. The van der Waals surface area contributed by atoms with Crippen LogP contribution < -0.4 is 0 Å². The molecule has 1 aromatic heterocycles. The maximum Gasteiger partial charge on any atom is 0.193 e. The van der Waals surface area contributed by atoms with Crippen molar-refractivity contribution in [2.24, 2.45) is 0 Å². The van der Waals surface area contributed by atoms with E-state index in [0.717, 1.165) is 11.3 Å². The van der Waals surface area contributed by atoms with E-state index in [1.54, 1.807) is 18.2 Å². The van der Waals surface area contributed by atoms with Crippen LogP contribution in [0.3, 0.4) is 0 Å². The summed E-state index contributed by atoms with van der Waals surface area (Å²) in [5, 5.41) is 9.79. The van der Waals surface area contributed by atoms with Crippen LogP contribution in [0.2, 0.25) is 10.0 Å². The van der Waals surface area contributed by atoms with E-state index in [2.05, 4.69) is 22.8 Å². The Balaban J connectivity index is 2.21. The van der Waals surface area contributed by atoms with E-state index in [-0.39, 0.29) is 0 Å². The fraction of sp³-hybridized carbons (Fsp3) is 0. The third kappa shape index (κ3) is 2.54. The molecule has 0 spiro atoms.